The molecular formula is C12H20NO2S+. The Hall–Kier alpha value is -0.510. The lowest BCUT2D eigenvalue weighted by molar-refractivity contribution is 0.00490. The third-order valence-electron chi connectivity index (χ3n) is 2.92. The highest BCUT2D eigenvalue weighted by Crippen LogP contribution is 2.40. The van der Waals surface area contributed by atoms with Crippen molar-refractivity contribution in [3.8, 4) is 0 Å². The molecule has 2 saturated heterocycles. The Balaban J connectivity index is 2.04. The first-order valence-corrected chi connectivity index (χ1v) is 6.90. The van der Waals surface area contributed by atoms with E-state index in [2.05, 4.69) is 5.75 Å². The number of piperidine rings is 1. The summed E-state index contributed by atoms with van der Waals surface area (Å²) in [6.07, 6.45) is 4.31. The van der Waals surface area contributed by atoms with E-state index in [9.17, 15) is 4.79 Å². The molecule has 0 aromatic rings. The molecule has 16 heavy (non-hydrogen) atoms. The van der Waals surface area contributed by atoms with Crippen molar-refractivity contribution < 1.29 is 9.53 Å². The van der Waals surface area contributed by atoms with Crippen LogP contribution in [0.5, 0.6) is 0 Å². The van der Waals surface area contributed by atoms with Gasteiger partial charge < -0.3 is 4.74 Å². The molecule has 2 aliphatic rings. The Morgan fingerprint density at radius 1 is 1.44 bits per heavy atom. The van der Waals surface area contributed by atoms with E-state index in [0.29, 0.717) is 11.4 Å². The van der Waals surface area contributed by atoms with Crippen LogP contribution < -0.4 is 0 Å². The molecule has 0 spiro atoms. The monoisotopic (exact) mass is 242 g/mol. The summed E-state index contributed by atoms with van der Waals surface area (Å²) in [5, 5.41) is 0.308. The second-order valence-electron chi connectivity index (χ2n) is 5.47. The molecular weight excluding hydrogens is 222 g/mol. The topological polar surface area (TPSA) is 29.5 Å². The Bertz CT molecular complexity index is 253. The normalized spacial score (nSPS) is 29.6. The van der Waals surface area contributed by atoms with Crippen LogP contribution in [0.4, 0.5) is 4.79 Å². The van der Waals surface area contributed by atoms with Crippen LogP contribution in [0.25, 0.3) is 0 Å². The van der Waals surface area contributed by atoms with Crippen LogP contribution >= 0.6 is 11.8 Å². The first-order valence-electron chi connectivity index (χ1n) is 5.96. The summed E-state index contributed by atoms with van der Waals surface area (Å²) in [6.45, 7) is 5.76. The van der Waals surface area contributed by atoms with Crippen molar-refractivity contribution in [3.63, 3.8) is 0 Å². The third kappa shape index (κ3) is 2.59. The number of amides is 1. The van der Waals surface area contributed by atoms with Crippen molar-refractivity contribution in [1.82, 2.24) is 4.90 Å². The van der Waals surface area contributed by atoms with E-state index in [4.69, 9.17) is 4.74 Å². The minimum atomic E-state index is -0.392. The molecule has 2 unspecified atom stereocenters. The lowest BCUT2D eigenvalue weighted by atomic mass is 10.00. The first-order chi connectivity index (χ1) is 7.47. The third-order valence-corrected chi connectivity index (χ3v) is 4.08. The van der Waals surface area contributed by atoms with Crippen molar-refractivity contribution in [1.29, 1.82) is 0 Å². The smallest absolute Gasteiger partial charge is 0.411 e. The molecule has 90 valence electrons. The summed E-state index contributed by atoms with van der Waals surface area (Å²) >= 11 is 1.78. The zero-order chi connectivity index (χ0) is 11.8. The van der Waals surface area contributed by atoms with Crippen LogP contribution in [0.2, 0.25) is 0 Å². The number of ether oxygens (including phenoxy) is 1. The van der Waals surface area contributed by atoms with Crippen LogP contribution in [0.15, 0.2) is 0 Å². The van der Waals surface area contributed by atoms with Gasteiger partial charge in [0.25, 0.3) is 0 Å². The fourth-order valence-electron chi connectivity index (χ4n) is 2.27. The molecule has 1 amide bonds. The van der Waals surface area contributed by atoms with Gasteiger partial charge in [-0.15, -0.1) is 0 Å². The zero-order valence-electron chi connectivity index (χ0n) is 10.2. The molecule has 2 fully saturated rings. The van der Waals surface area contributed by atoms with E-state index in [-0.39, 0.29) is 6.09 Å². The van der Waals surface area contributed by atoms with Crippen LogP contribution in [-0.4, -0.2) is 28.0 Å². The van der Waals surface area contributed by atoms with Crippen LogP contribution in [0.3, 0.4) is 0 Å². The molecule has 0 N–H and O–H groups in total. The molecule has 2 bridgehead atoms. The summed E-state index contributed by atoms with van der Waals surface area (Å²) in [7, 11) is 0. The van der Waals surface area contributed by atoms with Crippen molar-refractivity contribution in [3.05, 3.63) is 5.75 Å². The molecule has 2 rings (SSSR count). The molecule has 0 aromatic heterocycles. The fraction of sp³-hybridized carbons (Fsp3) is 0.833. The van der Waals surface area contributed by atoms with Gasteiger partial charge in [-0.1, -0.05) is 0 Å². The number of hydrogen-bond donors (Lipinski definition) is 0. The number of nitrogens with zero attached hydrogens (tertiary/aromatic N) is 1. The molecule has 2 atom stereocenters. The predicted octanol–water partition coefficient (Wildman–Crippen LogP) is 3.40. The minimum absolute atomic E-state index is 0.136. The van der Waals surface area contributed by atoms with E-state index in [1.54, 1.807) is 11.8 Å². The van der Waals surface area contributed by atoms with Crippen molar-refractivity contribution >= 4 is 17.9 Å². The summed E-state index contributed by atoms with van der Waals surface area (Å²) in [6, 6.07) is 0.370. The second-order valence-corrected chi connectivity index (χ2v) is 6.62. The van der Waals surface area contributed by atoms with Gasteiger partial charge in [0.05, 0.1) is 17.8 Å². The van der Waals surface area contributed by atoms with E-state index in [0.717, 1.165) is 19.3 Å². The number of carbonyl (C=O) groups is 1. The summed E-state index contributed by atoms with van der Waals surface area (Å²) in [4.78, 5) is 14.1. The van der Waals surface area contributed by atoms with Crippen molar-refractivity contribution in [2.75, 3.05) is 0 Å². The maximum atomic E-state index is 12.1. The minimum Gasteiger partial charge on any atom is -0.444 e. The van der Waals surface area contributed by atoms with Gasteiger partial charge in [-0.2, -0.15) is 0 Å². The molecule has 0 radical (unpaired) electrons. The fourth-order valence-corrected chi connectivity index (χ4v) is 3.51. The largest absolute Gasteiger partial charge is 0.444 e. The number of hydrogen-bond acceptors (Lipinski definition) is 3. The van der Waals surface area contributed by atoms with E-state index >= 15 is 0 Å². The summed E-state index contributed by atoms with van der Waals surface area (Å²) in [5.74, 6) is 2.25. The molecule has 4 heteroatoms. The summed E-state index contributed by atoms with van der Waals surface area (Å²) < 4.78 is 5.47. The number of thioether (sulfide) groups is 1. The molecule has 2 aliphatic heterocycles. The van der Waals surface area contributed by atoms with Gasteiger partial charge in [0.2, 0.25) is 0 Å². The lowest BCUT2D eigenvalue weighted by Crippen LogP contribution is -2.52. The quantitative estimate of drug-likeness (QED) is 0.610. The molecule has 0 aliphatic carbocycles. The number of carbonyl (C=O) groups excluding carboxylic acids is 1. The Kier molecular flexibility index (Phi) is 3.29. The van der Waals surface area contributed by atoms with Crippen molar-refractivity contribution in [2.24, 2.45) is 0 Å². The highest BCUT2D eigenvalue weighted by atomic mass is 32.2. The Morgan fingerprint density at radius 2 is 2.19 bits per heavy atom. The summed E-state index contributed by atoms with van der Waals surface area (Å²) in [5.41, 5.74) is -0.392. The Morgan fingerprint density at radius 3 is 2.81 bits per heavy atom. The van der Waals surface area contributed by atoms with E-state index < -0.39 is 5.60 Å². The highest BCUT2D eigenvalue weighted by molar-refractivity contribution is 8.01. The van der Waals surface area contributed by atoms with Crippen LogP contribution in [0, 0.1) is 5.75 Å². The van der Waals surface area contributed by atoms with E-state index in [1.165, 1.54) is 6.42 Å². The van der Waals surface area contributed by atoms with Gasteiger partial charge in [-0.25, -0.2) is 4.79 Å². The van der Waals surface area contributed by atoms with Gasteiger partial charge in [0, 0.05) is 0 Å². The van der Waals surface area contributed by atoms with Gasteiger partial charge in [0.1, 0.15) is 23.1 Å². The second kappa shape index (κ2) is 4.40. The first kappa shape index (κ1) is 12.0. The number of rotatable bonds is 0. The molecule has 0 saturated carbocycles. The average molecular weight is 242 g/mol. The van der Waals surface area contributed by atoms with Crippen LogP contribution in [-0.2, 0) is 4.74 Å². The SMILES string of the molecule is CC(C)(C)OC(=O)N1C2C[CH+]SC1CCC2. The van der Waals surface area contributed by atoms with Gasteiger partial charge >= 0.3 is 6.09 Å². The average Bonchev–Trinajstić information content (AvgIpc) is 2.13. The standard InChI is InChI=1S/C12H20NO2S/c1-12(2,3)15-11(14)13-9-5-4-6-10(13)16-8-7-9/h8-10H,4-7H2,1-3H3/q+1. The van der Waals surface area contributed by atoms with Crippen LogP contribution in [0.1, 0.15) is 46.5 Å². The molecule has 3 nitrogen and oxygen atoms in total. The van der Waals surface area contributed by atoms with Gasteiger partial charge in [-0.05, 0) is 40.0 Å². The van der Waals surface area contributed by atoms with Gasteiger partial charge in [-0.3, -0.25) is 4.90 Å². The van der Waals surface area contributed by atoms with Crippen molar-refractivity contribution in [2.45, 2.75) is 63.5 Å². The number of fused-ring (bicyclic) bond motifs is 2. The lowest BCUT2D eigenvalue weighted by Gasteiger charge is -2.41. The maximum Gasteiger partial charge on any atom is 0.411 e. The Labute approximate surface area is 102 Å². The zero-order valence-corrected chi connectivity index (χ0v) is 11.0. The molecule has 2 heterocycles. The molecule has 0 aromatic carbocycles. The predicted molar refractivity (Wildman–Crippen MR) is 66.0 cm³/mol. The maximum absolute atomic E-state index is 12.1. The van der Waals surface area contributed by atoms with E-state index in [1.807, 2.05) is 25.7 Å². The van der Waals surface area contributed by atoms with Gasteiger partial charge in [0.15, 0.2) is 0 Å². The highest BCUT2D eigenvalue weighted by Gasteiger charge is 2.44.